The van der Waals surface area contributed by atoms with Crippen molar-refractivity contribution in [3.8, 4) is 0 Å². The number of amides is 2. The van der Waals surface area contributed by atoms with Gasteiger partial charge in [-0.3, -0.25) is 20.2 Å². The minimum absolute atomic E-state index is 0.194. The quantitative estimate of drug-likeness (QED) is 0.383. The molecule has 3 N–H and O–H groups in total. The topological polar surface area (TPSA) is 96.3 Å². The number of hydrogen-bond acceptors (Lipinski definition) is 6. The SMILES string of the molecule is Cc1cc(C)cc(C(=O)NC(=S)Nc2ccc3nc(NC(=O)c4ccco4)sc3c2)c1. The molecule has 0 aliphatic carbocycles. The van der Waals surface area contributed by atoms with Crippen molar-refractivity contribution in [3.63, 3.8) is 0 Å². The molecule has 7 nitrogen and oxygen atoms in total. The van der Waals surface area contributed by atoms with Crippen molar-refractivity contribution < 1.29 is 14.0 Å². The van der Waals surface area contributed by atoms with E-state index >= 15 is 0 Å². The Labute approximate surface area is 187 Å². The average molecular weight is 451 g/mol. The van der Waals surface area contributed by atoms with E-state index in [-0.39, 0.29) is 22.7 Å². The van der Waals surface area contributed by atoms with Gasteiger partial charge in [-0.25, -0.2) is 4.98 Å². The Morgan fingerprint density at radius 1 is 1.00 bits per heavy atom. The van der Waals surface area contributed by atoms with Crippen molar-refractivity contribution in [2.45, 2.75) is 13.8 Å². The lowest BCUT2D eigenvalue weighted by Gasteiger charge is -2.10. The number of benzene rings is 2. The van der Waals surface area contributed by atoms with Gasteiger partial charge in [0.2, 0.25) is 0 Å². The highest BCUT2D eigenvalue weighted by Gasteiger charge is 2.13. The smallest absolute Gasteiger partial charge is 0.293 e. The summed E-state index contributed by atoms with van der Waals surface area (Å²) in [7, 11) is 0. The Morgan fingerprint density at radius 3 is 2.48 bits per heavy atom. The minimum atomic E-state index is -0.363. The molecule has 4 rings (SSSR count). The molecule has 0 fully saturated rings. The molecular weight excluding hydrogens is 432 g/mol. The Bertz CT molecular complexity index is 1280. The number of carbonyl (C=O) groups excluding carboxylic acids is 2. The monoisotopic (exact) mass is 450 g/mol. The predicted octanol–water partition coefficient (Wildman–Crippen LogP) is 4.89. The second-order valence-corrected chi connectivity index (χ2v) is 8.36. The fourth-order valence-electron chi connectivity index (χ4n) is 3.07. The van der Waals surface area contributed by atoms with Gasteiger partial charge in [-0.05, 0) is 68.5 Å². The van der Waals surface area contributed by atoms with Crippen molar-refractivity contribution >= 4 is 61.5 Å². The van der Waals surface area contributed by atoms with Gasteiger partial charge in [0.1, 0.15) is 0 Å². The van der Waals surface area contributed by atoms with Gasteiger partial charge in [-0.15, -0.1) is 0 Å². The zero-order chi connectivity index (χ0) is 22.0. The molecule has 9 heteroatoms. The van der Waals surface area contributed by atoms with Crippen LogP contribution in [0.4, 0.5) is 10.8 Å². The third kappa shape index (κ3) is 4.96. The van der Waals surface area contributed by atoms with Gasteiger partial charge in [-0.2, -0.15) is 0 Å². The van der Waals surface area contributed by atoms with Crippen LogP contribution in [0.1, 0.15) is 32.0 Å². The first-order valence-corrected chi connectivity index (χ1v) is 10.6. The number of carbonyl (C=O) groups is 2. The number of fused-ring (bicyclic) bond motifs is 1. The summed E-state index contributed by atoms with van der Waals surface area (Å²) in [4.78, 5) is 29.0. The van der Waals surface area contributed by atoms with Crippen LogP contribution in [0.3, 0.4) is 0 Å². The molecule has 0 spiro atoms. The molecule has 4 aromatic rings. The molecule has 0 radical (unpaired) electrons. The van der Waals surface area contributed by atoms with E-state index in [9.17, 15) is 9.59 Å². The summed E-state index contributed by atoms with van der Waals surface area (Å²) in [6.45, 7) is 3.88. The first-order chi connectivity index (χ1) is 14.9. The molecule has 31 heavy (non-hydrogen) atoms. The summed E-state index contributed by atoms with van der Waals surface area (Å²) < 4.78 is 5.94. The molecule has 0 unspecified atom stereocenters. The highest BCUT2D eigenvalue weighted by Crippen LogP contribution is 2.28. The molecule has 2 aromatic heterocycles. The molecule has 0 atom stereocenters. The van der Waals surface area contributed by atoms with Gasteiger partial charge in [0.25, 0.3) is 11.8 Å². The van der Waals surface area contributed by atoms with Gasteiger partial charge in [-0.1, -0.05) is 28.5 Å². The maximum atomic E-state index is 12.5. The van der Waals surface area contributed by atoms with Gasteiger partial charge >= 0.3 is 0 Å². The number of aromatic nitrogens is 1. The Kier molecular flexibility index (Phi) is 5.79. The first kappa shape index (κ1) is 20.7. The van der Waals surface area contributed by atoms with Crippen LogP contribution in [0.15, 0.2) is 59.2 Å². The summed E-state index contributed by atoms with van der Waals surface area (Å²) in [6.07, 6.45) is 1.44. The van der Waals surface area contributed by atoms with Gasteiger partial charge in [0, 0.05) is 11.3 Å². The van der Waals surface area contributed by atoms with E-state index in [2.05, 4.69) is 20.9 Å². The maximum absolute atomic E-state index is 12.5. The van der Waals surface area contributed by atoms with E-state index in [4.69, 9.17) is 16.6 Å². The maximum Gasteiger partial charge on any atom is 0.293 e. The Balaban J connectivity index is 1.43. The summed E-state index contributed by atoms with van der Waals surface area (Å²) in [5.41, 5.74) is 4.00. The highest BCUT2D eigenvalue weighted by molar-refractivity contribution is 7.80. The molecule has 0 bridgehead atoms. The highest BCUT2D eigenvalue weighted by atomic mass is 32.1. The molecule has 0 saturated heterocycles. The van der Waals surface area contributed by atoms with Gasteiger partial charge in [0.05, 0.1) is 16.5 Å². The second-order valence-electron chi connectivity index (χ2n) is 6.92. The van der Waals surface area contributed by atoms with E-state index < -0.39 is 0 Å². The van der Waals surface area contributed by atoms with Crippen molar-refractivity contribution in [2.75, 3.05) is 10.6 Å². The average Bonchev–Trinajstić information content (AvgIpc) is 3.36. The normalized spacial score (nSPS) is 10.6. The van der Waals surface area contributed by atoms with Crippen molar-refractivity contribution in [2.24, 2.45) is 0 Å². The number of nitrogens with zero attached hydrogens (tertiary/aromatic N) is 1. The fourth-order valence-corrected chi connectivity index (χ4v) is 4.18. The van der Waals surface area contributed by atoms with E-state index in [0.29, 0.717) is 16.4 Å². The lowest BCUT2D eigenvalue weighted by Crippen LogP contribution is -2.34. The summed E-state index contributed by atoms with van der Waals surface area (Å²) in [6, 6.07) is 14.3. The number of anilines is 2. The van der Waals surface area contributed by atoms with E-state index in [1.807, 2.05) is 44.2 Å². The predicted molar refractivity (Wildman–Crippen MR) is 126 cm³/mol. The largest absolute Gasteiger partial charge is 0.459 e. The van der Waals surface area contributed by atoms with Crippen LogP contribution < -0.4 is 16.0 Å². The van der Waals surface area contributed by atoms with Crippen molar-refractivity contribution in [1.82, 2.24) is 10.3 Å². The zero-order valence-electron chi connectivity index (χ0n) is 16.7. The molecule has 0 aliphatic rings. The van der Waals surface area contributed by atoms with E-state index in [1.165, 1.54) is 17.6 Å². The Hall–Kier alpha value is -3.56. The fraction of sp³-hybridized carbons (Fsp3) is 0.0909. The van der Waals surface area contributed by atoms with Crippen LogP contribution in [-0.4, -0.2) is 21.9 Å². The summed E-state index contributed by atoms with van der Waals surface area (Å²) >= 11 is 6.61. The lowest BCUT2D eigenvalue weighted by atomic mass is 10.1. The molecule has 2 heterocycles. The molecule has 2 amide bonds. The molecule has 2 aromatic carbocycles. The van der Waals surface area contributed by atoms with Crippen molar-refractivity contribution in [1.29, 1.82) is 0 Å². The van der Waals surface area contributed by atoms with Crippen LogP contribution >= 0.6 is 23.6 Å². The third-order valence-electron chi connectivity index (χ3n) is 4.32. The number of aryl methyl sites for hydroxylation is 2. The van der Waals surface area contributed by atoms with E-state index in [1.54, 1.807) is 18.2 Å². The zero-order valence-corrected chi connectivity index (χ0v) is 18.3. The summed E-state index contributed by atoms with van der Waals surface area (Å²) in [5, 5.41) is 9.08. The number of thiazole rings is 1. The molecular formula is C22H18N4O3S2. The van der Waals surface area contributed by atoms with Crippen LogP contribution in [0, 0.1) is 13.8 Å². The molecule has 0 aliphatic heterocycles. The number of thiocarbonyl (C=S) groups is 1. The number of rotatable bonds is 4. The second kappa shape index (κ2) is 8.66. The third-order valence-corrected chi connectivity index (χ3v) is 5.46. The minimum Gasteiger partial charge on any atom is -0.459 e. The lowest BCUT2D eigenvalue weighted by molar-refractivity contribution is 0.0974. The summed E-state index contributed by atoms with van der Waals surface area (Å²) in [5.74, 6) is -0.421. The number of hydrogen-bond donors (Lipinski definition) is 3. The first-order valence-electron chi connectivity index (χ1n) is 9.33. The standard InChI is InChI=1S/C22H18N4O3S2/c1-12-8-13(2)10-14(9-12)19(27)25-21(30)23-15-5-6-16-18(11-15)31-22(24-16)26-20(28)17-4-3-7-29-17/h3-11H,1-2H3,(H,24,26,28)(H2,23,25,27,30). The van der Waals surface area contributed by atoms with Crippen molar-refractivity contribution in [3.05, 3.63) is 77.2 Å². The number of furan rings is 1. The van der Waals surface area contributed by atoms with Gasteiger partial charge in [0.15, 0.2) is 16.0 Å². The van der Waals surface area contributed by atoms with Gasteiger partial charge < -0.3 is 9.73 Å². The van der Waals surface area contributed by atoms with Crippen LogP contribution in [-0.2, 0) is 0 Å². The Morgan fingerprint density at radius 2 is 1.77 bits per heavy atom. The van der Waals surface area contributed by atoms with Crippen LogP contribution in [0.5, 0.6) is 0 Å². The van der Waals surface area contributed by atoms with Crippen LogP contribution in [0.2, 0.25) is 0 Å². The van der Waals surface area contributed by atoms with E-state index in [0.717, 1.165) is 21.3 Å². The molecule has 156 valence electrons. The number of nitrogens with one attached hydrogen (secondary N) is 3. The molecule has 0 saturated carbocycles. The van der Waals surface area contributed by atoms with Crippen LogP contribution in [0.25, 0.3) is 10.2 Å².